The molecule has 4 nitrogen and oxygen atoms in total. The van der Waals surface area contributed by atoms with Crippen LogP contribution in [-0.2, 0) is 15.0 Å². The number of hydrogen-bond donors (Lipinski definition) is 2. The van der Waals surface area contributed by atoms with Gasteiger partial charge in [-0.2, -0.15) is 0 Å². The van der Waals surface area contributed by atoms with Crippen molar-refractivity contribution in [3.8, 4) is 0 Å². The first kappa shape index (κ1) is 17.4. The third kappa shape index (κ3) is 3.60. The fourth-order valence-corrected chi connectivity index (χ4v) is 4.54. The Morgan fingerprint density at radius 2 is 2.00 bits per heavy atom. The number of fused-ring (bicyclic) bond motifs is 1. The van der Waals surface area contributed by atoms with Gasteiger partial charge in [-0.1, -0.05) is 41.9 Å². The van der Waals surface area contributed by atoms with Gasteiger partial charge in [-0.15, -0.1) is 11.8 Å². The lowest BCUT2D eigenvalue weighted by Gasteiger charge is -2.24. The number of anilines is 1. The van der Waals surface area contributed by atoms with Crippen LogP contribution in [-0.4, -0.2) is 23.6 Å². The molecule has 26 heavy (non-hydrogen) atoms. The second-order valence-electron chi connectivity index (χ2n) is 6.86. The maximum Gasteiger partial charge on any atom is 0.238 e. The summed E-state index contributed by atoms with van der Waals surface area (Å²) in [6.45, 7) is 0.626. The van der Waals surface area contributed by atoms with Gasteiger partial charge in [0, 0.05) is 28.3 Å². The van der Waals surface area contributed by atoms with Gasteiger partial charge in [0.05, 0.1) is 10.9 Å². The molecule has 0 bridgehead atoms. The summed E-state index contributed by atoms with van der Waals surface area (Å²) in [5.74, 6) is -0.235. The van der Waals surface area contributed by atoms with E-state index in [9.17, 15) is 9.59 Å². The summed E-state index contributed by atoms with van der Waals surface area (Å²) in [4.78, 5) is 25.6. The zero-order valence-electron chi connectivity index (χ0n) is 14.1. The molecule has 0 spiro atoms. The quantitative estimate of drug-likeness (QED) is 0.816. The van der Waals surface area contributed by atoms with Crippen LogP contribution < -0.4 is 10.6 Å². The summed E-state index contributed by atoms with van der Waals surface area (Å²) in [6.07, 6.45) is 2.34. The van der Waals surface area contributed by atoms with Crippen molar-refractivity contribution in [3.63, 3.8) is 0 Å². The fraction of sp³-hybridized carbons (Fsp3) is 0.300. The Bertz CT molecular complexity index is 852. The Hall–Kier alpha value is -1.98. The molecule has 2 aromatic carbocycles. The molecule has 2 amide bonds. The predicted octanol–water partition coefficient (Wildman–Crippen LogP) is 3.99. The molecule has 1 fully saturated rings. The monoisotopic (exact) mass is 386 g/mol. The molecule has 2 aromatic rings. The third-order valence-electron chi connectivity index (χ3n) is 5.00. The normalized spacial score (nSPS) is 20.0. The zero-order valence-corrected chi connectivity index (χ0v) is 15.7. The minimum atomic E-state index is -0.421. The number of halogens is 1. The largest absolute Gasteiger partial charge is 0.355 e. The second kappa shape index (κ2) is 6.97. The van der Waals surface area contributed by atoms with E-state index in [4.69, 9.17) is 11.6 Å². The standard InChI is InChI=1S/C20H19ClN2O2S/c21-14-6-7-16-15(10-14)23-19(25)17(26-16)11-18(24)22-12-20(8-9-20)13-4-2-1-3-5-13/h1-7,10,17H,8-9,11-12H2,(H,22,24)(H,23,25). The van der Waals surface area contributed by atoms with Crippen molar-refractivity contribution in [3.05, 3.63) is 59.1 Å². The van der Waals surface area contributed by atoms with Crippen LogP contribution in [0.1, 0.15) is 24.8 Å². The van der Waals surface area contributed by atoms with Crippen molar-refractivity contribution >= 4 is 40.9 Å². The molecule has 2 N–H and O–H groups in total. The zero-order chi connectivity index (χ0) is 18.1. The van der Waals surface area contributed by atoms with Crippen LogP contribution in [0.5, 0.6) is 0 Å². The average Bonchev–Trinajstić information content (AvgIpc) is 3.43. The highest BCUT2D eigenvalue weighted by atomic mass is 35.5. The van der Waals surface area contributed by atoms with E-state index in [0.717, 1.165) is 17.7 Å². The fourth-order valence-electron chi connectivity index (χ4n) is 3.28. The van der Waals surface area contributed by atoms with Gasteiger partial charge in [0.2, 0.25) is 11.8 Å². The number of carbonyl (C=O) groups is 2. The van der Waals surface area contributed by atoms with Gasteiger partial charge in [-0.25, -0.2) is 0 Å². The highest BCUT2D eigenvalue weighted by molar-refractivity contribution is 8.01. The van der Waals surface area contributed by atoms with Gasteiger partial charge < -0.3 is 10.6 Å². The van der Waals surface area contributed by atoms with Crippen molar-refractivity contribution in [2.45, 2.75) is 34.8 Å². The smallest absolute Gasteiger partial charge is 0.238 e. The molecule has 4 rings (SSSR count). The molecule has 0 saturated heterocycles. The number of amides is 2. The van der Waals surface area contributed by atoms with Crippen molar-refractivity contribution < 1.29 is 9.59 Å². The minimum Gasteiger partial charge on any atom is -0.355 e. The van der Waals surface area contributed by atoms with Gasteiger partial charge in [0.15, 0.2) is 0 Å². The number of thioether (sulfide) groups is 1. The molecule has 0 radical (unpaired) electrons. The highest BCUT2D eigenvalue weighted by Gasteiger charge is 2.44. The summed E-state index contributed by atoms with van der Waals surface area (Å²) >= 11 is 7.38. The Morgan fingerprint density at radius 3 is 2.73 bits per heavy atom. The van der Waals surface area contributed by atoms with E-state index in [1.54, 1.807) is 12.1 Å². The number of nitrogens with one attached hydrogen (secondary N) is 2. The Balaban J connectivity index is 1.35. The van der Waals surface area contributed by atoms with Crippen LogP contribution in [0.2, 0.25) is 5.02 Å². The third-order valence-corrected chi connectivity index (χ3v) is 6.51. The summed E-state index contributed by atoms with van der Waals surface area (Å²) in [5, 5.41) is 6.03. The lowest BCUT2D eigenvalue weighted by Crippen LogP contribution is -2.37. The molecule has 6 heteroatoms. The van der Waals surface area contributed by atoms with Crippen molar-refractivity contribution in [2.75, 3.05) is 11.9 Å². The van der Waals surface area contributed by atoms with Gasteiger partial charge in [0.1, 0.15) is 0 Å². The van der Waals surface area contributed by atoms with E-state index in [-0.39, 0.29) is 23.7 Å². The van der Waals surface area contributed by atoms with Crippen molar-refractivity contribution in [1.29, 1.82) is 0 Å². The second-order valence-corrected chi connectivity index (χ2v) is 8.54. The van der Waals surface area contributed by atoms with Gasteiger partial charge >= 0.3 is 0 Å². The first-order valence-corrected chi connectivity index (χ1v) is 9.91. The molecule has 1 heterocycles. The molecule has 0 aromatic heterocycles. The van der Waals surface area contributed by atoms with Crippen molar-refractivity contribution in [2.24, 2.45) is 0 Å². The van der Waals surface area contributed by atoms with Crippen LogP contribution in [0.3, 0.4) is 0 Å². The summed E-state index contributed by atoms with van der Waals surface area (Å²) < 4.78 is 0. The maximum atomic E-state index is 12.4. The molecular formula is C20H19ClN2O2S. The summed E-state index contributed by atoms with van der Waals surface area (Å²) in [7, 11) is 0. The summed E-state index contributed by atoms with van der Waals surface area (Å²) in [5.41, 5.74) is 2.06. The lowest BCUT2D eigenvalue weighted by atomic mass is 9.96. The van der Waals surface area contributed by atoms with Gasteiger partial charge in [-0.3, -0.25) is 9.59 Å². The number of hydrogen-bond acceptors (Lipinski definition) is 3. The molecule has 2 aliphatic rings. The molecule has 1 aliphatic heterocycles. The average molecular weight is 387 g/mol. The molecule has 1 unspecified atom stereocenters. The topological polar surface area (TPSA) is 58.2 Å². The molecule has 1 atom stereocenters. The van der Waals surface area contributed by atoms with E-state index in [0.29, 0.717) is 17.3 Å². The van der Waals surface area contributed by atoms with Crippen LogP contribution in [0.4, 0.5) is 5.69 Å². The van der Waals surface area contributed by atoms with Crippen LogP contribution in [0, 0.1) is 0 Å². The Morgan fingerprint density at radius 1 is 1.23 bits per heavy atom. The van der Waals surface area contributed by atoms with Gasteiger partial charge in [-0.05, 0) is 36.6 Å². The number of rotatable bonds is 5. The minimum absolute atomic E-state index is 0.0717. The maximum absolute atomic E-state index is 12.4. The summed E-state index contributed by atoms with van der Waals surface area (Å²) in [6, 6.07) is 15.7. The van der Waals surface area contributed by atoms with Crippen LogP contribution in [0.25, 0.3) is 0 Å². The first-order chi connectivity index (χ1) is 12.6. The van der Waals surface area contributed by atoms with E-state index in [1.807, 2.05) is 24.3 Å². The van der Waals surface area contributed by atoms with E-state index < -0.39 is 5.25 Å². The number of carbonyl (C=O) groups excluding carboxylic acids is 2. The molecule has 1 saturated carbocycles. The van der Waals surface area contributed by atoms with Crippen LogP contribution in [0.15, 0.2) is 53.4 Å². The molecular weight excluding hydrogens is 368 g/mol. The Kier molecular flexibility index (Phi) is 4.67. The first-order valence-electron chi connectivity index (χ1n) is 8.65. The van der Waals surface area contributed by atoms with Crippen molar-refractivity contribution in [1.82, 2.24) is 5.32 Å². The Labute approximate surface area is 161 Å². The molecule has 1 aliphatic carbocycles. The number of benzene rings is 2. The SMILES string of the molecule is O=C(CC1Sc2ccc(Cl)cc2NC1=O)NCC1(c2ccccc2)CC1. The van der Waals surface area contributed by atoms with E-state index >= 15 is 0 Å². The van der Waals surface area contributed by atoms with E-state index in [1.165, 1.54) is 17.3 Å². The van der Waals surface area contributed by atoms with Gasteiger partial charge in [0.25, 0.3) is 0 Å². The predicted molar refractivity (Wildman–Crippen MR) is 105 cm³/mol. The van der Waals surface area contributed by atoms with E-state index in [2.05, 4.69) is 22.8 Å². The van der Waals surface area contributed by atoms with Crippen LogP contribution >= 0.6 is 23.4 Å². The highest BCUT2D eigenvalue weighted by Crippen LogP contribution is 2.47. The lowest BCUT2D eigenvalue weighted by molar-refractivity contribution is -0.124. The molecule has 134 valence electrons.